The van der Waals surface area contributed by atoms with Crippen molar-refractivity contribution in [3.05, 3.63) is 26.4 Å². The van der Waals surface area contributed by atoms with Crippen LogP contribution in [0.2, 0.25) is 5.02 Å². The minimum absolute atomic E-state index is 0.824. The van der Waals surface area contributed by atoms with Crippen molar-refractivity contribution in [2.75, 3.05) is 0 Å². The Balaban J connectivity index is 2.94. The van der Waals surface area contributed by atoms with Crippen LogP contribution in [0.5, 0.6) is 0 Å². The molecule has 0 spiro atoms. The summed E-state index contributed by atoms with van der Waals surface area (Å²) in [5.41, 5.74) is 2.12. The molecule has 12 heavy (non-hydrogen) atoms. The topological polar surface area (TPSA) is 28.7 Å². The third-order valence-corrected chi connectivity index (χ3v) is 3.73. The van der Waals surface area contributed by atoms with E-state index in [0.717, 1.165) is 25.1 Å². The number of nitrogens with one attached hydrogen (secondary N) is 1. The Labute approximate surface area is 88.4 Å². The number of halogens is 2. The molecule has 0 fully saturated rings. The summed E-state index contributed by atoms with van der Waals surface area (Å²) in [4.78, 5) is 0. The molecule has 2 nitrogen and oxygen atoms in total. The van der Waals surface area contributed by atoms with Crippen LogP contribution in [0.1, 0.15) is 5.56 Å². The van der Waals surface area contributed by atoms with E-state index >= 15 is 0 Å². The lowest BCUT2D eigenvalue weighted by Crippen LogP contribution is -1.81. The van der Waals surface area contributed by atoms with E-state index in [9.17, 15) is 0 Å². The molecule has 2 rings (SSSR count). The molecule has 0 saturated heterocycles. The van der Waals surface area contributed by atoms with Gasteiger partial charge in [0.05, 0.1) is 16.7 Å². The molecule has 1 heterocycles. The molecule has 62 valence electrons. The van der Waals surface area contributed by atoms with E-state index in [0.29, 0.717) is 0 Å². The number of benzene rings is 1. The van der Waals surface area contributed by atoms with Gasteiger partial charge in [-0.25, -0.2) is 0 Å². The Hall–Kier alpha value is -0.290. The second-order valence-electron chi connectivity index (χ2n) is 2.65. The SMILES string of the molecule is Cc1cc2[nH]ncc2c(I)c1Cl. The average Bonchev–Trinajstić information content (AvgIpc) is 2.48. The molecular weight excluding hydrogens is 286 g/mol. The molecule has 2 aromatic rings. The Morgan fingerprint density at radius 3 is 3.08 bits per heavy atom. The summed E-state index contributed by atoms with van der Waals surface area (Å²) in [6.07, 6.45) is 1.79. The largest absolute Gasteiger partial charge is 0.278 e. The van der Waals surface area contributed by atoms with Crippen molar-refractivity contribution >= 4 is 45.1 Å². The van der Waals surface area contributed by atoms with Gasteiger partial charge in [0.2, 0.25) is 0 Å². The standard InChI is InChI=1S/C8H6ClIN2/c1-4-2-6-5(3-11-12-6)8(10)7(4)9/h2-3H,1H3,(H,11,12). The zero-order valence-corrected chi connectivity index (χ0v) is 9.27. The lowest BCUT2D eigenvalue weighted by Gasteiger charge is -2.00. The van der Waals surface area contributed by atoms with Gasteiger partial charge >= 0.3 is 0 Å². The quantitative estimate of drug-likeness (QED) is 0.743. The fourth-order valence-corrected chi connectivity index (χ4v) is 2.16. The van der Waals surface area contributed by atoms with Crippen LogP contribution in [0.25, 0.3) is 10.9 Å². The summed E-state index contributed by atoms with van der Waals surface area (Å²) in [6.45, 7) is 1.99. The number of hydrogen-bond acceptors (Lipinski definition) is 1. The predicted molar refractivity (Wildman–Crippen MR) is 58.6 cm³/mol. The molecular formula is C8H6ClIN2. The number of aromatic nitrogens is 2. The highest BCUT2D eigenvalue weighted by Crippen LogP contribution is 2.29. The van der Waals surface area contributed by atoms with Crippen LogP contribution in [0.15, 0.2) is 12.3 Å². The van der Waals surface area contributed by atoms with E-state index in [1.807, 2.05) is 13.0 Å². The molecule has 4 heteroatoms. The molecule has 0 saturated carbocycles. The molecule has 0 aliphatic heterocycles. The van der Waals surface area contributed by atoms with Crippen molar-refractivity contribution in [2.24, 2.45) is 0 Å². The van der Waals surface area contributed by atoms with Crippen LogP contribution in [0.3, 0.4) is 0 Å². The number of fused-ring (bicyclic) bond motifs is 1. The van der Waals surface area contributed by atoms with Crippen molar-refractivity contribution in [2.45, 2.75) is 6.92 Å². The molecule has 0 unspecified atom stereocenters. The highest BCUT2D eigenvalue weighted by Gasteiger charge is 2.07. The van der Waals surface area contributed by atoms with Crippen LogP contribution < -0.4 is 0 Å². The first kappa shape index (κ1) is 8.31. The highest BCUT2D eigenvalue weighted by atomic mass is 127. The van der Waals surface area contributed by atoms with Gasteiger partial charge < -0.3 is 0 Å². The molecule has 1 aromatic carbocycles. The number of nitrogens with zero attached hydrogens (tertiary/aromatic N) is 1. The normalized spacial score (nSPS) is 10.9. The van der Waals surface area contributed by atoms with E-state index in [1.165, 1.54) is 0 Å². The highest BCUT2D eigenvalue weighted by molar-refractivity contribution is 14.1. The third kappa shape index (κ3) is 1.11. The Morgan fingerprint density at radius 2 is 2.33 bits per heavy atom. The van der Waals surface area contributed by atoms with E-state index in [1.54, 1.807) is 6.20 Å². The maximum atomic E-state index is 6.06. The van der Waals surface area contributed by atoms with Gasteiger partial charge in [0.25, 0.3) is 0 Å². The monoisotopic (exact) mass is 292 g/mol. The number of rotatable bonds is 0. The molecule has 0 bridgehead atoms. The Kier molecular flexibility index (Phi) is 2.00. The minimum atomic E-state index is 0.824. The lowest BCUT2D eigenvalue weighted by molar-refractivity contribution is 1.12. The molecule has 0 aliphatic rings. The van der Waals surface area contributed by atoms with Crippen molar-refractivity contribution < 1.29 is 0 Å². The smallest absolute Gasteiger partial charge is 0.0664 e. The summed E-state index contributed by atoms with van der Waals surface area (Å²) < 4.78 is 1.07. The average molecular weight is 293 g/mol. The first-order chi connectivity index (χ1) is 5.70. The number of H-pyrrole nitrogens is 1. The fraction of sp³-hybridized carbons (Fsp3) is 0.125. The van der Waals surface area contributed by atoms with Gasteiger partial charge in [-0.1, -0.05) is 11.6 Å². The van der Waals surface area contributed by atoms with Crippen LogP contribution in [-0.2, 0) is 0 Å². The number of hydrogen-bond donors (Lipinski definition) is 1. The van der Waals surface area contributed by atoms with Crippen LogP contribution in [0, 0.1) is 10.5 Å². The predicted octanol–water partition coefficient (Wildman–Crippen LogP) is 3.13. The summed E-state index contributed by atoms with van der Waals surface area (Å²) in [7, 11) is 0. The zero-order chi connectivity index (χ0) is 8.72. The minimum Gasteiger partial charge on any atom is -0.278 e. The van der Waals surface area contributed by atoms with Gasteiger partial charge in [-0.05, 0) is 41.1 Å². The summed E-state index contributed by atoms with van der Waals surface area (Å²) >= 11 is 8.30. The second-order valence-corrected chi connectivity index (χ2v) is 4.11. The van der Waals surface area contributed by atoms with Crippen LogP contribution >= 0.6 is 34.2 Å². The number of aromatic amines is 1. The molecule has 1 aromatic heterocycles. The first-order valence-corrected chi connectivity index (χ1v) is 4.93. The van der Waals surface area contributed by atoms with Gasteiger partial charge in [0.15, 0.2) is 0 Å². The van der Waals surface area contributed by atoms with Crippen LogP contribution in [0.4, 0.5) is 0 Å². The summed E-state index contributed by atoms with van der Waals surface area (Å²) in [6, 6.07) is 2.01. The van der Waals surface area contributed by atoms with Gasteiger partial charge in [0.1, 0.15) is 0 Å². The van der Waals surface area contributed by atoms with Gasteiger partial charge in [-0.2, -0.15) is 5.10 Å². The zero-order valence-electron chi connectivity index (χ0n) is 6.36. The molecule has 0 aliphatic carbocycles. The van der Waals surface area contributed by atoms with Crippen molar-refractivity contribution in [1.82, 2.24) is 10.2 Å². The van der Waals surface area contributed by atoms with E-state index < -0.39 is 0 Å². The number of aryl methyl sites for hydroxylation is 1. The van der Waals surface area contributed by atoms with Gasteiger partial charge in [-0.15, -0.1) is 0 Å². The molecule has 1 N–H and O–H groups in total. The van der Waals surface area contributed by atoms with Crippen molar-refractivity contribution in [3.63, 3.8) is 0 Å². The van der Waals surface area contributed by atoms with E-state index in [2.05, 4.69) is 32.8 Å². The molecule has 0 amide bonds. The molecule has 0 radical (unpaired) electrons. The second kappa shape index (κ2) is 2.88. The van der Waals surface area contributed by atoms with Crippen molar-refractivity contribution in [1.29, 1.82) is 0 Å². The first-order valence-electron chi connectivity index (χ1n) is 3.48. The fourth-order valence-electron chi connectivity index (χ4n) is 1.15. The maximum Gasteiger partial charge on any atom is 0.0664 e. The van der Waals surface area contributed by atoms with Crippen LogP contribution in [-0.4, -0.2) is 10.2 Å². The van der Waals surface area contributed by atoms with E-state index in [-0.39, 0.29) is 0 Å². The summed E-state index contributed by atoms with van der Waals surface area (Å²) in [5.74, 6) is 0. The Morgan fingerprint density at radius 1 is 1.58 bits per heavy atom. The Bertz CT molecular complexity index is 436. The molecule has 0 atom stereocenters. The maximum absolute atomic E-state index is 6.06. The lowest BCUT2D eigenvalue weighted by atomic mass is 10.2. The third-order valence-electron chi connectivity index (χ3n) is 1.81. The summed E-state index contributed by atoms with van der Waals surface area (Å²) in [5, 5.41) is 8.78. The van der Waals surface area contributed by atoms with Gasteiger partial charge in [0, 0.05) is 8.96 Å². The van der Waals surface area contributed by atoms with E-state index in [4.69, 9.17) is 11.6 Å². The van der Waals surface area contributed by atoms with Gasteiger partial charge in [-0.3, -0.25) is 5.10 Å². The van der Waals surface area contributed by atoms with Crippen molar-refractivity contribution in [3.8, 4) is 0 Å².